The number of piperazine rings is 1. The fourth-order valence-electron chi connectivity index (χ4n) is 5.38. The molecule has 1 fully saturated rings. The van der Waals surface area contributed by atoms with E-state index >= 15 is 0 Å². The zero-order valence-corrected chi connectivity index (χ0v) is 26.2. The number of hydrogen-bond donors (Lipinski definition) is 0. The highest BCUT2D eigenvalue weighted by molar-refractivity contribution is 7.99. The summed E-state index contributed by atoms with van der Waals surface area (Å²) in [6.07, 6.45) is -2.02. The van der Waals surface area contributed by atoms with Crippen LogP contribution in [0.5, 0.6) is 0 Å². The molecule has 0 aliphatic carbocycles. The molecular formula is C33H32ClF3N4O3S. The Kier molecular flexibility index (Phi) is 10.2. The molecule has 1 unspecified atom stereocenters. The quantitative estimate of drug-likeness (QED) is 0.109. The molecule has 0 bridgehead atoms. The van der Waals surface area contributed by atoms with Gasteiger partial charge in [0.1, 0.15) is 0 Å². The van der Waals surface area contributed by atoms with Crippen molar-refractivity contribution in [1.82, 2.24) is 19.4 Å². The SMILES string of the molecule is CC1CN(C(=O)CCCCCSc2nc3ccccc3c(=O)n2-c2cccc(C(F)(F)F)c2)CCN1C(=O)c1ccc(Cl)cc1. The number of carbonyl (C=O) groups excluding carboxylic acids is 2. The summed E-state index contributed by atoms with van der Waals surface area (Å²) in [4.78, 5) is 47.4. The molecule has 1 saturated heterocycles. The van der Waals surface area contributed by atoms with Crippen molar-refractivity contribution in [3.8, 4) is 5.69 Å². The minimum Gasteiger partial charge on any atom is -0.339 e. The van der Waals surface area contributed by atoms with Crippen molar-refractivity contribution < 1.29 is 22.8 Å². The number of unbranched alkanes of at least 4 members (excludes halogenated alkanes) is 2. The second-order valence-electron chi connectivity index (χ2n) is 11.0. The highest BCUT2D eigenvalue weighted by Crippen LogP contribution is 2.31. The Balaban J connectivity index is 1.15. The second-order valence-corrected chi connectivity index (χ2v) is 12.5. The molecule has 12 heteroatoms. The lowest BCUT2D eigenvalue weighted by Gasteiger charge is -2.40. The first-order valence-electron chi connectivity index (χ1n) is 14.7. The number of para-hydroxylation sites is 1. The van der Waals surface area contributed by atoms with Gasteiger partial charge in [-0.2, -0.15) is 13.2 Å². The molecule has 1 atom stereocenters. The van der Waals surface area contributed by atoms with Crippen LogP contribution in [0.4, 0.5) is 13.2 Å². The summed E-state index contributed by atoms with van der Waals surface area (Å²) in [5.41, 5.74) is -0.134. The lowest BCUT2D eigenvalue weighted by Crippen LogP contribution is -2.55. The maximum absolute atomic E-state index is 13.4. The summed E-state index contributed by atoms with van der Waals surface area (Å²) >= 11 is 7.24. The minimum absolute atomic E-state index is 0.0441. The molecule has 2 heterocycles. The lowest BCUT2D eigenvalue weighted by atomic mass is 10.1. The number of fused-ring (bicyclic) bond motifs is 1. The molecule has 3 aromatic carbocycles. The lowest BCUT2D eigenvalue weighted by molar-refractivity contribution is -0.137. The van der Waals surface area contributed by atoms with Crippen LogP contribution in [0.3, 0.4) is 0 Å². The molecule has 0 N–H and O–H groups in total. The molecule has 1 aliphatic heterocycles. The van der Waals surface area contributed by atoms with Crippen LogP contribution in [-0.4, -0.2) is 62.6 Å². The third kappa shape index (κ3) is 7.70. The Morgan fingerprint density at radius 3 is 2.47 bits per heavy atom. The van der Waals surface area contributed by atoms with Gasteiger partial charge >= 0.3 is 6.18 Å². The van der Waals surface area contributed by atoms with E-state index in [4.69, 9.17) is 11.6 Å². The van der Waals surface area contributed by atoms with Crippen molar-refractivity contribution in [3.05, 3.63) is 99.3 Å². The van der Waals surface area contributed by atoms with E-state index in [1.165, 1.54) is 28.5 Å². The zero-order chi connectivity index (χ0) is 32.1. The van der Waals surface area contributed by atoms with Crippen molar-refractivity contribution in [2.24, 2.45) is 0 Å². The van der Waals surface area contributed by atoms with Gasteiger partial charge in [0.05, 0.1) is 22.2 Å². The number of alkyl halides is 3. The zero-order valence-electron chi connectivity index (χ0n) is 24.6. The van der Waals surface area contributed by atoms with Gasteiger partial charge in [0, 0.05) is 48.4 Å². The number of halogens is 4. The summed E-state index contributed by atoms with van der Waals surface area (Å²) in [6, 6.07) is 18.1. The average Bonchev–Trinajstić information content (AvgIpc) is 3.02. The Morgan fingerprint density at radius 1 is 0.978 bits per heavy atom. The Labute approximate surface area is 268 Å². The van der Waals surface area contributed by atoms with Gasteiger partial charge in [-0.25, -0.2) is 4.98 Å². The fourth-order valence-corrected chi connectivity index (χ4v) is 6.52. The summed E-state index contributed by atoms with van der Waals surface area (Å²) < 4.78 is 41.5. The van der Waals surface area contributed by atoms with Gasteiger partial charge in [0.2, 0.25) is 5.91 Å². The Bertz CT molecular complexity index is 1750. The second kappa shape index (κ2) is 14.1. The van der Waals surface area contributed by atoms with E-state index in [0.717, 1.165) is 25.0 Å². The number of carbonyl (C=O) groups is 2. The Morgan fingerprint density at radius 2 is 1.73 bits per heavy atom. The maximum atomic E-state index is 13.4. The van der Waals surface area contributed by atoms with Gasteiger partial charge in [0.25, 0.3) is 11.5 Å². The normalized spacial score (nSPS) is 15.4. The average molecular weight is 657 g/mol. The number of thioether (sulfide) groups is 1. The van der Waals surface area contributed by atoms with E-state index in [9.17, 15) is 27.6 Å². The molecule has 236 valence electrons. The summed E-state index contributed by atoms with van der Waals surface area (Å²) in [7, 11) is 0. The van der Waals surface area contributed by atoms with Crippen LogP contribution in [-0.2, 0) is 11.0 Å². The van der Waals surface area contributed by atoms with Crippen molar-refractivity contribution in [2.45, 2.75) is 50.0 Å². The van der Waals surface area contributed by atoms with E-state index in [1.54, 1.807) is 58.3 Å². The van der Waals surface area contributed by atoms with Crippen LogP contribution in [0.25, 0.3) is 16.6 Å². The first-order valence-corrected chi connectivity index (χ1v) is 16.1. The van der Waals surface area contributed by atoms with E-state index in [2.05, 4.69) is 4.98 Å². The first kappa shape index (κ1) is 32.6. The number of nitrogens with zero attached hydrogens (tertiary/aromatic N) is 4. The number of hydrogen-bond acceptors (Lipinski definition) is 5. The maximum Gasteiger partial charge on any atom is 0.416 e. The van der Waals surface area contributed by atoms with Crippen molar-refractivity contribution in [3.63, 3.8) is 0 Å². The molecule has 45 heavy (non-hydrogen) atoms. The third-order valence-electron chi connectivity index (χ3n) is 7.77. The third-order valence-corrected chi connectivity index (χ3v) is 9.05. The van der Waals surface area contributed by atoms with Gasteiger partial charge in [-0.3, -0.25) is 19.0 Å². The number of amides is 2. The largest absolute Gasteiger partial charge is 0.416 e. The van der Waals surface area contributed by atoms with Crippen molar-refractivity contribution >= 4 is 46.1 Å². The van der Waals surface area contributed by atoms with Gasteiger partial charge in [-0.05, 0) is 74.4 Å². The van der Waals surface area contributed by atoms with E-state index in [0.29, 0.717) is 64.9 Å². The predicted octanol–water partition coefficient (Wildman–Crippen LogP) is 7.08. The van der Waals surface area contributed by atoms with E-state index in [-0.39, 0.29) is 23.5 Å². The van der Waals surface area contributed by atoms with Gasteiger partial charge in [-0.1, -0.05) is 48.0 Å². The van der Waals surface area contributed by atoms with Gasteiger partial charge in [0.15, 0.2) is 5.16 Å². The first-order chi connectivity index (χ1) is 21.5. The van der Waals surface area contributed by atoms with Crippen LogP contribution in [0, 0.1) is 0 Å². The summed E-state index contributed by atoms with van der Waals surface area (Å²) in [5, 5.41) is 1.20. The molecule has 1 aliphatic rings. The van der Waals surface area contributed by atoms with Crippen LogP contribution < -0.4 is 5.56 Å². The van der Waals surface area contributed by atoms with Crippen LogP contribution in [0.2, 0.25) is 5.02 Å². The summed E-state index contributed by atoms with van der Waals surface area (Å²) in [5.74, 6) is 0.534. The smallest absolute Gasteiger partial charge is 0.339 e. The van der Waals surface area contributed by atoms with Crippen LogP contribution >= 0.6 is 23.4 Å². The number of aromatic nitrogens is 2. The number of benzene rings is 3. The molecule has 2 amide bonds. The highest BCUT2D eigenvalue weighted by atomic mass is 35.5. The summed E-state index contributed by atoms with van der Waals surface area (Å²) in [6.45, 7) is 3.33. The molecule has 0 spiro atoms. The van der Waals surface area contributed by atoms with Crippen molar-refractivity contribution in [1.29, 1.82) is 0 Å². The van der Waals surface area contributed by atoms with Crippen molar-refractivity contribution in [2.75, 3.05) is 25.4 Å². The fraction of sp³-hybridized carbons (Fsp3) is 0.333. The van der Waals surface area contributed by atoms with Crippen LogP contribution in [0.1, 0.15) is 48.5 Å². The highest BCUT2D eigenvalue weighted by Gasteiger charge is 2.31. The molecule has 0 radical (unpaired) electrons. The topological polar surface area (TPSA) is 75.5 Å². The molecule has 7 nitrogen and oxygen atoms in total. The van der Waals surface area contributed by atoms with E-state index in [1.807, 2.05) is 6.92 Å². The van der Waals surface area contributed by atoms with E-state index < -0.39 is 17.3 Å². The molecular weight excluding hydrogens is 625 g/mol. The standard InChI is InChI=1S/C33H32ClF3N4O3S/c1-22-21-39(17-18-40(22)30(43)23-13-15-25(34)16-14-23)29(42)12-3-2-6-19-45-32-38-28-11-5-4-10-27(28)31(44)41(32)26-9-7-8-24(20-26)33(35,36)37/h4-5,7-11,13-16,20,22H,2-3,6,12,17-19,21H2,1H3. The minimum atomic E-state index is -4.55. The number of rotatable bonds is 9. The van der Waals surface area contributed by atoms with Gasteiger partial charge in [-0.15, -0.1) is 0 Å². The molecule has 4 aromatic rings. The Hall–Kier alpha value is -3.83. The molecule has 0 saturated carbocycles. The monoisotopic (exact) mass is 656 g/mol. The molecule has 1 aromatic heterocycles. The predicted molar refractivity (Wildman–Crippen MR) is 170 cm³/mol. The van der Waals surface area contributed by atoms with Crippen LogP contribution in [0.15, 0.2) is 82.7 Å². The van der Waals surface area contributed by atoms with Gasteiger partial charge < -0.3 is 9.80 Å². The molecule has 5 rings (SSSR count).